The molecule has 0 aliphatic rings. The molecule has 1 unspecified atom stereocenters. The lowest BCUT2D eigenvalue weighted by molar-refractivity contribution is -0.119. The molecule has 5 heteroatoms. The average Bonchev–Trinajstić information content (AvgIpc) is 1.98. The monoisotopic (exact) mass is 158 g/mol. The maximum atomic E-state index is 10.8. The van der Waals surface area contributed by atoms with E-state index in [1.165, 1.54) is 0 Å². The van der Waals surface area contributed by atoms with Crippen LogP contribution in [0.25, 0.3) is 0 Å². The van der Waals surface area contributed by atoms with Crippen LogP contribution in [0.1, 0.15) is 13.3 Å². The molecule has 0 aromatic heterocycles. The van der Waals surface area contributed by atoms with Crippen molar-refractivity contribution in [3.8, 4) is 0 Å². The van der Waals surface area contributed by atoms with Crippen molar-refractivity contribution in [3.63, 3.8) is 0 Å². The van der Waals surface area contributed by atoms with Gasteiger partial charge in [-0.25, -0.2) is 0 Å². The first-order valence-electron chi connectivity index (χ1n) is 3.41. The van der Waals surface area contributed by atoms with E-state index in [2.05, 4.69) is 4.99 Å². The summed E-state index contributed by atoms with van der Waals surface area (Å²) in [5.74, 6) is -0.0700. The number of nitrogens with two attached hydrogens (primary N) is 3. The summed E-state index contributed by atoms with van der Waals surface area (Å²) in [4.78, 5) is 14.5. The second-order valence-corrected chi connectivity index (χ2v) is 2.19. The Morgan fingerprint density at radius 2 is 2.09 bits per heavy atom. The number of hydrogen-bond donors (Lipinski definition) is 3. The van der Waals surface area contributed by atoms with E-state index in [4.69, 9.17) is 17.2 Å². The molecule has 0 amide bonds. The summed E-state index contributed by atoms with van der Waals surface area (Å²) in [7, 11) is 0. The highest BCUT2D eigenvalue weighted by Gasteiger charge is 2.09. The first-order chi connectivity index (χ1) is 5.07. The van der Waals surface area contributed by atoms with E-state index in [0.29, 0.717) is 6.42 Å². The third kappa shape index (κ3) is 4.32. The minimum atomic E-state index is -0.568. The van der Waals surface area contributed by atoms with E-state index in [0.717, 1.165) is 0 Å². The molecule has 0 rings (SSSR count). The number of Topliss-reactive ketones (excluding diaryl/α,β-unsaturated/α-hetero) is 1. The second-order valence-electron chi connectivity index (χ2n) is 2.19. The number of nitrogens with zero attached hydrogens (tertiary/aromatic N) is 1. The first kappa shape index (κ1) is 9.90. The number of rotatable bonds is 4. The highest BCUT2D eigenvalue weighted by molar-refractivity contribution is 5.84. The molecule has 64 valence electrons. The summed E-state index contributed by atoms with van der Waals surface area (Å²) in [5, 5.41) is 0. The molecular formula is C6H14N4O. The largest absolute Gasteiger partial charge is 0.370 e. The average molecular weight is 158 g/mol. The fourth-order valence-electron chi connectivity index (χ4n) is 0.568. The molecule has 0 saturated heterocycles. The summed E-state index contributed by atoms with van der Waals surface area (Å²) in [6.07, 6.45) is 0.418. The van der Waals surface area contributed by atoms with Gasteiger partial charge in [-0.2, -0.15) is 0 Å². The molecule has 0 bridgehead atoms. The lowest BCUT2D eigenvalue weighted by Gasteiger charge is -2.04. The van der Waals surface area contributed by atoms with E-state index in [1.54, 1.807) is 6.92 Å². The molecule has 1 atom stereocenters. The van der Waals surface area contributed by atoms with E-state index >= 15 is 0 Å². The van der Waals surface area contributed by atoms with Crippen molar-refractivity contribution in [2.45, 2.75) is 19.4 Å². The zero-order valence-electron chi connectivity index (χ0n) is 6.58. The number of carbonyl (C=O) groups is 1. The van der Waals surface area contributed by atoms with Crippen LogP contribution in [0, 0.1) is 0 Å². The Morgan fingerprint density at radius 3 is 2.45 bits per heavy atom. The summed E-state index contributed by atoms with van der Waals surface area (Å²) in [6.45, 7) is 1.92. The Balaban J connectivity index is 3.78. The summed E-state index contributed by atoms with van der Waals surface area (Å²) >= 11 is 0. The molecule has 0 radical (unpaired) electrons. The molecule has 0 aromatic carbocycles. The highest BCUT2D eigenvalue weighted by Crippen LogP contribution is 1.87. The van der Waals surface area contributed by atoms with Gasteiger partial charge in [0, 0.05) is 6.42 Å². The Bertz CT molecular complexity index is 162. The van der Waals surface area contributed by atoms with Gasteiger partial charge in [0.2, 0.25) is 0 Å². The van der Waals surface area contributed by atoms with E-state index in [9.17, 15) is 4.79 Å². The van der Waals surface area contributed by atoms with Gasteiger partial charge >= 0.3 is 0 Å². The van der Waals surface area contributed by atoms with Gasteiger partial charge in [0.05, 0.1) is 12.6 Å². The lowest BCUT2D eigenvalue weighted by Crippen LogP contribution is -2.35. The lowest BCUT2D eigenvalue weighted by atomic mass is 10.1. The van der Waals surface area contributed by atoms with Crippen LogP contribution in [0.15, 0.2) is 4.99 Å². The van der Waals surface area contributed by atoms with Gasteiger partial charge < -0.3 is 17.2 Å². The van der Waals surface area contributed by atoms with Crippen molar-refractivity contribution in [1.82, 2.24) is 0 Å². The van der Waals surface area contributed by atoms with Crippen LogP contribution in [-0.2, 0) is 4.79 Å². The van der Waals surface area contributed by atoms with Crippen LogP contribution < -0.4 is 17.2 Å². The van der Waals surface area contributed by atoms with E-state index < -0.39 is 6.04 Å². The molecule has 0 aliphatic carbocycles. The van der Waals surface area contributed by atoms with E-state index in [-0.39, 0.29) is 18.3 Å². The number of ketones is 1. The molecule has 0 heterocycles. The van der Waals surface area contributed by atoms with Gasteiger partial charge in [-0.3, -0.25) is 9.79 Å². The normalized spacial score (nSPS) is 12.2. The number of hydrogen-bond acceptors (Lipinski definition) is 3. The number of guanidine groups is 1. The summed E-state index contributed by atoms with van der Waals surface area (Å²) < 4.78 is 0. The molecule has 6 N–H and O–H groups in total. The third-order valence-corrected chi connectivity index (χ3v) is 1.23. The van der Waals surface area contributed by atoms with Gasteiger partial charge in [-0.1, -0.05) is 6.92 Å². The molecule has 0 spiro atoms. The zero-order chi connectivity index (χ0) is 8.85. The predicted molar refractivity (Wildman–Crippen MR) is 44.0 cm³/mol. The van der Waals surface area contributed by atoms with Crippen molar-refractivity contribution in [1.29, 1.82) is 0 Å². The van der Waals surface area contributed by atoms with Crippen LogP contribution in [0.3, 0.4) is 0 Å². The Morgan fingerprint density at radius 1 is 1.55 bits per heavy atom. The minimum absolute atomic E-state index is 0.0324. The highest BCUT2D eigenvalue weighted by atomic mass is 16.1. The van der Waals surface area contributed by atoms with Crippen molar-refractivity contribution >= 4 is 11.7 Å². The quantitative estimate of drug-likeness (QED) is 0.344. The molecule has 5 nitrogen and oxygen atoms in total. The Labute approximate surface area is 65.6 Å². The summed E-state index contributed by atoms with van der Waals surface area (Å²) in [6, 6.07) is -0.568. The van der Waals surface area contributed by atoms with Crippen molar-refractivity contribution in [2.24, 2.45) is 22.2 Å². The molecule has 0 aromatic rings. The van der Waals surface area contributed by atoms with Crippen LogP contribution in [-0.4, -0.2) is 24.3 Å². The van der Waals surface area contributed by atoms with Crippen LogP contribution in [0.4, 0.5) is 0 Å². The predicted octanol–water partition coefficient (Wildman–Crippen LogP) is -1.43. The third-order valence-electron chi connectivity index (χ3n) is 1.23. The fraction of sp³-hybridized carbons (Fsp3) is 0.667. The van der Waals surface area contributed by atoms with Crippen molar-refractivity contribution in [2.75, 3.05) is 6.54 Å². The smallest absolute Gasteiger partial charge is 0.185 e. The fourth-order valence-corrected chi connectivity index (χ4v) is 0.568. The minimum Gasteiger partial charge on any atom is -0.370 e. The first-order valence-corrected chi connectivity index (χ1v) is 3.41. The van der Waals surface area contributed by atoms with Crippen LogP contribution in [0.2, 0.25) is 0 Å². The van der Waals surface area contributed by atoms with Crippen molar-refractivity contribution < 1.29 is 4.79 Å². The maximum Gasteiger partial charge on any atom is 0.185 e. The maximum absolute atomic E-state index is 10.8. The van der Waals surface area contributed by atoms with Crippen LogP contribution in [0.5, 0.6) is 0 Å². The zero-order valence-corrected chi connectivity index (χ0v) is 6.58. The van der Waals surface area contributed by atoms with Crippen LogP contribution >= 0.6 is 0 Å². The van der Waals surface area contributed by atoms with Gasteiger partial charge in [0.1, 0.15) is 0 Å². The Hall–Kier alpha value is -1.10. The molecule has 11 heavy (non-hydrogen) atoms. The number of aliphatic imine (C=N–C) groups is 1. The molecule has 0 aliphatic heterocycles. The van der Waals surface area contributed by atoms with Gasteiger partial charge in [0.15, 0.2) is 11.7 Å². The van der Waals surface area contributed by atoms with E-state index in [1.807, 2.05) is 0 Å². The molecular weight excluding hydrogens is 144 g/mol. The Kier molecular flexibility index (Phi) is 4.21. The summed E-state index contributed by atoms with van der Waals surface area (Å²) in [5.41, 5.74) is 15.5. The van der Waals surface area contributed by atoms with Gasteiger partial charge in [-0.15, -0.1) is 0 Å². The van der Waals surface area contributed by atoms with Gasteiger partial charge in [0.25, 0.3) is 0 Å². The number of carbonyl (C=O) groups excluding carboxylic acids is 1. The molecule has 0 saturated carbocycles. The van der Waals surface area contributed by atoms with Gasteiger partial charge in [-0.05, 0) is 0 Å². The SMILES string of the molecule is CCC(=O)C(N)CN=C(N)N. The molecule has 0 fully saturated rings. The topological polar surface area (TPSA) is 107 Å². The standard InChI is InChI=1S/C6H14N4O/c1-2-5(11)4(7)3-10-6(8)9/h4H,2-3,7H2,1H3,(H4,8,9,10). The second kappa shape index (κ2) is 4.68. The van der Waals surface area contributed by atoms with Crippen molar-refractivity contribution in [3.05, 3.63) is 0 Å².